The Bertz CT molecular complexity index is 239. The third kappa shape index (κ3) is 5.28. The van der Waals surface area contributed by atoms with Crippen LogP contribution in [0.1, 0.15) is 11.3 Å². The molecule has 0 amide bonds. The maximum absolute atomic E-state index is 8.89. The molecule has 3 nitrogen and oxygen atoms in total. The van der Waals surface area contributed by atoms with Crippen molar-refractivity contribution in [1.82, 2.24) is 4.90 Å². The molecule has 0 radical (unpaired) electrons. The fourth-order valence-corrected chi connectivity index (χ4v) is 2.19. The zero-order chi connectivity index (χ0) is 10.9. The molecular formula is C11H19NO2S. The number of rotatable bonds is 8. The van der Waals surface area contributed by atoms with E-state index < -0.39 is 0 Å². The average Bonchev–Trinajstić information content (AvgIpc) is 2.75. The Morgan fingerprint density at radius 2 is 2.00 bits per heavy atom. The van der Waals surface area contributed by atoms with Crippen molar-refractivity contribution in [2.75, 3.05) is 32.8 Å². The van der Waals surface area contributed by atoms with Crippen LogP contribution in [0.2, 0.25) is 0 Å². The lowest BCUT2D eigenvalue weighted by Crippen LogP contribution is -2.30. The highest BCUT2D eigenvalue weighted by atomic mass is 32.1. The van der Waals surface area contributed by atoms with Gasteiger partial charge in [-0.3, -0.25) is 0 Å². The molecule has 0 aliphatic heterocycles. The molecule has 0 atom stereocenters. The number of hydrogen-bond donors (Lipinski definition) is 2. The molecule has 0 aromatic carbocycles. The fourth-order valence-electron chi connectivity index (χ4n) is 1.49. The summed E-state index contributed by atoms with van der Waals surface area (Å²) in [6.07, 6.45) is 1.81. The van der Waals surface area contributed by atoms with Gasteiger partial charge in [0.1, 0.15) is 0 Å². The van der Waals surface area contributed by atoms with E-state index in [0.717, 1.165) is 25.9 Å². The van der Waals surface area contributed by atoms with Gasteiger partial charge in [-0.25, -0.2) is 0 Å². The van der Waals surface area contributed by atoms with Crippen molar-refractivity contribution < 1.29 is 10.2 Å². The number of hydrogen-bond acceptors (Lipinski definition) is 4. The van der Waals surface area contributed by atoms with Gasteiger partial charge in [-0.05, 0) is 24.3 Å². The zero-order valence-corrected chi connectivity index (χ0v) is 9.75. The Hall–Kier alpha value is -0.420. The van der Waals surface area contributed by atoms with E-state index >= 15 is 0 Å². The minimum atomic E-state index is 0.190. The molecule has 15 heavy (non-hydrogen) atoms. The van der Waals surface area contributed by atoms with E-state index in [2.05, 4.69) is 22.4 Å². The van der Waals surface area contributed by atoms with E-state index in [1.807, 2.05) is 0 Å². The van der Waals surface area contributed by atoms with Crippen molar-refractivity contribution in [3.8, 4) is 0 Å². The molecule has 0 aliphatic carbocycles. The highest BCUT2D eigenvalue weighted by Crippen LogP contribution is 2.09. The minimum Gasteiger partial charge on any atom is -0.396 e. The monoisotopic (exact) mass is 229 g/mol. The zero-order valence-electron chi connectivity index (χ0n) is 8.93. The van der Waals surface area contributed by atoms with Crippen LogP contribution in [0.3, 0.4) is 0 Å². The van der Waals surface area contributed by atoms with E-state index in [9.17, 15) is 0 Å². The number of thiophene rings is 1. The second kappa shape index (κ2) is 7.82. The largest absolute Gasteiger partial charge is 0.396 e. The molecule has 0 spiro atoms. The van der Waals surface area contributed by atoms with Crippen LogP contribution in [-0.2, 0) is 6.42 Å². The van der Waals surface area contributed by atoms with E-state index in [4.69, 9.17) is 10.2 Å². The van der Waals surface area contributed by atoms with Gasteiger partial charge in [0.25, 0.3) is 0 Å². The summed E-state index contributed by atoms with van der Waals surface area (Å²) < 4.78 is 0. The molecule has 1 rings (SSSR count). The normalized spacial score (nSPS) is 11.1. The Kier molecular flexibility index (Phi) is 6.59. The third-order valence-electron chi connectivity index (χ3n) is 2.30. The van der Waals surface area contributed by atoms with Crippen LogP contribution in [0.5, 0.6) is 0 Å². The molecule has 0 bridgehead atoms. The number of aliphatic hydroxyl groups excluding tert-OH is 2. The van der Waals surface area contributed by atoms with Crippen molar-refractivity contribution in [1.29, 1.82) is 0 Å². The summed E-state index contributed by atoms with van der Waals surface area (Å²) in [7, 11) is 0. The van der Waals surface area contributed by atoms with Crippen LogP contribution in [0.25, 0.3) is 0 Å². The topological polar surface area (TPSA) is 43.7 Å². The second-order valence-electron chi connectivity index (χ2n) is 3.47. The smallest absolute Gasteiger partial charge is 0.0558 e. The Morgan fingerprint density at radius 1 is 1.13 bits per heavy atom. The quantitative estimate of drug-likeness (QED) is 0.698. The molecule has 0 unspecified atom stereocenters. The first-order chi connectivity index (χ1) is 7.36. The SMILES string of the molecule is OCCCN(CCO)CCc1cccs1. The van der Waals surface area contributed by atoms with Crippen LogP contribution >= 0.6 is 11.3 Å². The predicted octanol–water partition coefficient (Wildman–Crippen LogP) is 0.967. The summed E-state index contributed by atoms with van der Waals surface area (Å²) in [5.41, 5.74) is 0. The summed E-state index contributed by atoms with van der Waals surface area (Å²) in [4.78, 5) is 3.57. The lowest BCUT2D eigenvalue weighted by Gasteiger charge is -2.20. The van der Waals surface area contributed by atoms with Crippen molar-refractivity contribution in [2.45, 2.75) is 12.8 Å². The van der Waals surface area contributed by atoms with Crippen molar-refractivity contribution in [3.05, 3.63) is 22.4 Å². The van der Waals surface area contributed by atoms with E-state index in [1.165, 1.54) is 4.88 Å². The van der Waals surface area contributed by atoms with Crippen molar-refractivity contribution in [3.63, 3.8) is 0 Å². The predicted molar refractivity (Wildman–Crippen MR) is 63.3 cm³/mol. The van der Waals surface area contributed by atoms with Gasteiger partial charge in [-0.1, -0.05) is 6.07 Å². The van der Waals surface area contributed by atoms with Crippen LogP contribution in [0, 0.1) is 0 Å². The van der Waals surface area contributed by atoms with Gasteiger partial charge in [0.2, 0.25) is 0 Å². The van der Waals surface area contributed by atoms with Crippen LogP contribution in [0.4, 0.5) is 0 Å². The first-order valence-corrected chi connectivity index (χ1v) is 6.21. The molecule has 0 fully saturated rings. The molecule has 0 saturated carbocycles. The Labute approximate surface area is 95.0 Å². The summed E-state index contributed by atoms with van der Waals surface area (Å²) in [6.45, 7) is 2.94. The Balaban J connectivity index is 2.24. The van der Waals surface area contributed by atoms with Gasteiger partial charge < -0.3 is 15.1 Å². The van der Waals surface area contributed by atoms with E-state index in [-0.39, 0.29) is 13.2 Å². The molecule has 4 heteroatoms. The highest BCUT2D eigenvalue weighted by molar-refractivity contribution is 7.09. The maximum atomic E-state index is 8.89. The van der Waals surface area contributed by atoms with Crippen LogP contribution in [0.15, 0.2) is 17.5 Å². The summed E-state index contributed by atoms with van der Waals surface area (Å²) in [5, 5.41) is 19.7. The number of aliphatic hydroxyl groups is 2. The van der Waals surface area contributed by atoms with Gasteiger partial charge >= 0.3 is 0 Å². The molecule has 1 aromatic rings. The Morgan fingerprint density at radius 3 is 2.60 bits per heavy atom. The first-order valence-electron chi connectivity index (χ1n) is 5.33. The summed E-state index contributed by atoms with van der Waals surface area (Å²) >= 11 is 1.77. The maximum Gasteiger partial charge on any atom is 0.0558 e. The van der Waals surface area contributed by atoms with Gasteiger partial charge in [-0.15, -0.1) is 11.3 Å². The fraction of sp³-hybridized carbons (Fsp3) is 0.636. The van der Waals surface area contributed by atoms with Gasteiger partial charge in [-0.2, -0.15) is 0 Å². The van der Waals surface area contributed by atoms with Crippen molar-refractivity contribution in [2.24, 2.45) is 0 Å². The lowest BCUT2D eigenvalue weighted by molar-refractivity contribution is 0.181. The molecule has 1 heterocycles. The standard InChI is InChI=1S/C11H19NO2S/c13-8-2-5-12(7-9-14)6-4-11-3-1-10-15-11/h1,3,10,13-14H,2,4-9H2. The third-order valence-corrected chi connectivity index (χ3v) is 3.24. The lowest BCUT2D eigenvalue weighted by atomic mass is 10.3. The molecule has 1 aromatic heterocycles. The summed E-state index contributed by atoms with van der Waals surface area (Å²) in [6, 6.07) is 4.19. The van der Waals surface area contributed by atoms with Gasteiger partial charge in [0.05, 0.1) is 6.61 Å². The first kappa shape index (κ1) is 12.6. The molecular weight excluding hydrogens is 210 g/mol. The molecule has 0 aliphatic rings. The van der Waals surface area contributed by atoms with E-state index in [0.29, 0.717) is 6.54 Å². The number of nitrogens with zero attached hydrogens (tertiary/aromatic N) is 1. The average molecular weight is 229 g/mol. The van der Waals surface area contributed by atoms with E-state index in [1.54, 1.807) is 11.3 Å². The summed E-state index contributed by atoms with van der Waals surface area (Å²) in [5.74, 6) is 0. The minimum absolute atomic E-state index is 0.190. The van der Waals surface area contributed by atoms with Gasteiger partial charge in [0, 0.05) is 31.1 Å². The van der Waals surface area contributed by atoms with Crippen LogP contribution < -0.4 is 0 Å². The second-order valence-corrected chi connectivity index (χ2v) is 4.50. The van der Waals surface area contributed by atoms with Crippen LogP contribution in [-0.4, -0.2) is 48.0 Å². The van der Waals surface area contributed by atoms with Crippen molar-refractivity contribution >= 4 is 11.3 Å². The highest BCUT2D eigenvalue weighted by Gasteiger charge is 2.04. The molecule has 86 valence electrons. The molecule has 0 saturated heterocycles. The van der Waals surface area contributed by atoms with Gasteiger partial charge in [0.15, 0.2) is 0 Å². The molecule has 2 N–H and O–H groups in total.